The van der Waals surface area contributed by atoms with Crippen LogP contribution in [0.3, 0.4) is 0 Å². The number of hydrogen-bond donors (Lipinski definition) is 1. The van der Waals surface area contributed by atoms with Gasteiger partial charge >= 0.3 is 0 Å². The molecule has 2 aliphatic heterocycles. The van der Waals surface area contributed by atoms with E-state index < -0.39 is 11.6 Å². The van der Waals surface area contributed by atoms with Crippen molar-refractivity contribution in [3.05, 3.63) is 23.8 Å². The molecule has 2 atom stereocenters. The molecule has 5 heteroatoms. The van der Waals surface area contributed by atoms with Gasteiger partial charge in [0.1, 0.15) is 0 Å². The molecule has 17 heavy (non-hydrogen) atoms. The molecule has 0 amide bonds. The van der Waals surface area contributed by atoms with Gasteiger partial charge in [0, 0.05) is 13.1 Å². The maximum absolute atomic E-state index is 13.8. The van der Waals surface area contributed by atoms with E-state index in [9.17, 15) is 8.78 Å². The molecule has 2 aliphatic rings. The van der Waals surface area contributed by atoms with Gasteiger partial charge in [0.25, 0.3) is 0 Å². The molecule has 2 saturated heterocycles. The second-order valence-electron chi connectivity index (χ2n) is 4.66. The number of rotatable bonds is 1. The number of ether oxygens (including phenoxy) is 1. The third kappa shape index (κ3) is 1.74. The first-order chi connectivity index (χ1) is 8.15. The van der Waals surface area contributed by atoms with Crippen molar-refractivity contribution >= 4 is 11.4 Å². The normalized spacial score (nSPS) is 27.5. The van der Waals surface area contributed by atoms with Crippen molar-refractivity contribution in [2.24, 2.45) is 0 Å². The number of anilines is 2. The lowest BCUT2D eigenvalue weighted by Gasteiger charge is -2.34. The van der Waals surface area contributed by atoms with Gasteiger partial charge in [-0.2, -0.15) is 0 Å². The second-order valence-corrected chi connectivity index (χ2v) is 4.66. The summed E-state index contributed by atoms with van der Waals surface area (Å²) < 4.78 is 32.7. The smallest absolute Gasteiger partial charge is 0.184 e. The summed E-state index contributed by atoms with van der Waals surface area (Å²) in [6, 6.07) is 2.47. The average Bonchev–Trinajstić information content (AvgIpc) is 2.64. The van der Waals surface area contributed by atoms with Crippen LogP contribution in [0.1, 0.15) is 12.8 Å². The Bertz CT molecular complexity index is 440. The molecule has 2 unspecified atom stereocenters. The summed E-state index contributed by atoms with van der Waals surface area (Å²) in [4.78, 5) is 1.81. The molecule has 0 radical (unpaired) electrons. The topological polar surface area (TPSA) is 38.5 Å². The average molecular weight is 240 g/mol. The monoisotopic (exact) mass is 240 g/mol. The molecular weight excluding hydrogens is 226 g/mol. The van der Waals surface area contributed by atoms with Crippen molar-refractivity contribution in [1.29, 1.82) is 0 Å². The molecule has 92 valence electrons. The van der Waals surface area contributed by atoms with E-state index in [1.165, 1.54) is 6.07 Å². The van der Waals surface area contributed by atoms with Gasteiger partial charge in [-0.3, -0.25) is 0 Å². The number of fused-ring (bicyclic) bond motifs is 2. The molecule has 1 aromatic carbocycles. The van der Waals surface area contributed by atoms with Crippen LogP contribution < -0.4 is 10.6 Å². The molecule has 1 aromatic rings. The highest BCUT2D eigenvalue weighted by Gasteiger charge is 2.35. The Kier molecular flexibility index (Phi) is 2.43. The first kappa shape index (κ1) is 10.8. The maximum Gasteiger partial charge on any atom is 0.184 e. The minimum absolute atomic E-state index is 0.121. The highest BCUT2D eigenvalue weighted by Crippen LogP contribution is 2.34. The summed E-state index contributed by atoms with van der Waals surface area (Å²) in [5.41, 5.74) is 6.21. The summed E-state index contributed by atoms with van der Waals surface area (Å²) in [5.74, 6) is -1.71. The van der Waals surface area contributed by atoms with Crippen LogP contribution in [0.2, 0.25) is 0 Å². The molecule has 0 aromatic heterocycles. The van der Waals surface area contributed by atoms with E-state index in [1.807, 2.05) is 0 Å². The van der Waals surface area contributed by atoms with Crippen LogP contribution in [-0.4, -0.2) is 25.3 Å². The Hall–Kier alpha value is -1.36. The van der Waals surface area contributed by atoms with Crippen LogP contribution in [0.5, 0.6) is 0 Å². The Labute approximate surface area is 98.2 Å². The molecule has 2 heterocycles. The fraction of sp³-hybridized carbons (Fsp3) is 0.500. The minimum Gasteiger partial charge on any atom is -0.397 e. The number of nitrogen functional groups attached to an aromatic ring is 1. The van der Waals surface area contributed by atoms with Crippen LogP contribution >= 0.6 is 0 Å². The van der Waals surface area contributed by atoms with Crippen LogP contribution in [0.15, 0.2) is 12.1 Å². The van der Waals surface area contributed by atoms with Crippen LogP contribution in [0.25, 0.3) is 0 Å². The number of benzene rings is 1. The third-order valence-corrected chi connectivity index (χ3v) is 3.46. The zero-order valence-corrected chi connectivity index (χ0v) is 9.33. The van der Waals surface area contributed by atoms with Gasteiger partial charge in [-0.1, -0.05) is 0 Å². The third-order valence-electron chi connectivity index (χ3n) is 3.46. The molecule has 3 nitrogen and oxygen atoms in total. The molecule has 2 bridgehead atoms. The van der Waals surface area contributed by atoms with Crippen molar-refractivity contribution in [1.82, 2.24) is 0 Å². The highest BCUT2D eigenvalue weighted by molar-refractivity contribution is 5.68. The summed E-state index contributed by atoms with van der Waals surface area (Å²) in [6.45, 7) is 1.17. The van der Waals surface area contributed by atoms with Crippen molar-refractivity contribution in [3.8, 4) is 0 Å². The zero-order valence-electron chi connectivity index (χ0n) is 9.33. The molecule has 2 fully saturated rings. The molecular formula is C12H14F2N2O. The predicted molar refractivity (Wildman–Crippen MR) is 60.9 cm³/mol. The number of halogens is 2. The Morgan fingerprint density at radius 1 is 1.18 bits per heavy atom. The zero-order chi connectivity index (χ0) is 12.0. The van der Waals surface area contributed by atoms with Crippen molar-refractivity contribution in [2.45, 2.75) is 25.0 Å². The Morgan fingerprint density at radius 2 is 1.82 bits per heavy atom. The fourth-order valence-electron chi connectivity index (χ4n) is 2.67. The van der Waals surface area contributed by atoms with E-state index in [2.05, 4.69) is 0 Å². The van der Waals surface area contributed by atoms with Crippen LogP contribution in [0, 0.1) is 11.6 Å². The van der Waals surface area contributed by atoms with Crippen molar-refractivity contribution in [2.75, 3.05) is 23.7 Å². The molecule has 3 rings (SSSR count). The standard InChI is InChI=1S/C12H14F2N2O/c13-9-3-4-10(15)12(11(9)14)16-5-7-1-2-8(6-16)17-7/h3-4,7-8H,1-2,5-6,15H2. The van der Waals surface area contributed by atoms with E-state index >= 15 is 0 Å². The van der Waals surface area contributed by atoms with Crippen molar-refractivity contribution < 1.29 is 13.5 Å². The number of nitrogens with zero attached hydrogens (tertiary/aromatic N) is 1. The van der Waals surface area contributed by atoms with E-state index in [0.717, 1.165) is 18.9 Å². The molecule has 0 saturated carbocycles. The lowest BCUT2D eigenvalue weighted by Crippen LogP contribution is -2.43. The van der Waals surface area contributed by atoms with Gasteiger partial charge in [0.15, 0.2) is 11.6 Å². The summed E-state index contributed by atoms with van der Waals surface area (Å²) in [5, 5.41) is 0. The SMILES string of the molecule is Nc1ccc(F)c(F)c1N1CC2CCC(C1)O2. The summed E-state index contributed by atoms with van der Waals surface area (Å²) >= 11 is 0. The van der Waals surface area contributed by atoms with Gasteiger partial charge in [-0.05, 0) is 25.0 Å². The van der Waals surface area contributed by atoms with Gasteiger partial charge in [0.05, 0.1) is 23.6 Å². The number of morpholine rings is 1. The summed E-state index contributed by atoms with van der Waals surface area (Å²) in [7, 11) is 0. The van der Waals surface area contributed by atoms with Crippen LogP contribution in [0.4, 0.5) is 20.2 Å². The molecule has 0 aliphatic carbocycles. The maximum atomic E-state index is 13.8. The van der Waals surface area contributed by atoms with Crippen LogP contribution in [-0.2, 0) is 4.74 Å². The van der Waals surface area contributed by atoms with E-state index in [-0.39, 0.29) is 23.6 Å². The van der Waals surface area contributed by atoms with Gasteiger partial charge < -0.3 is 15.4 Å². The van der Waals surface area contributed by atoms with E-state index in [1.54, 1.807) is 4.90 Å². The first-order valence-electron chi connectivity index (χ1n) is 5.79. The highest BCUT2D eigenvalue weighted by atomic mass is 19.2. The molecule has 0 spiro atoms. The minimum atomic E-state index is -0.855. The van der Waals surface area contributed by atoms with Gasteiger partial charge in [-0.25, -0.2) is 8.78 Å². The number of hydrogen-bond acceptors (Lipinski definition) is 3. The largest absolute Gasteiger partial charge is 0.397 e. The second kappa shape index (κ2) is 3.84. The first-order valence-corrected chi connectivity index (χ1v) is 5.79. The predicted octanol–water partition coefficient (Wildman–Crippen LogP) is 1.91. The molecule has 2 N–H and O–H groups in total. The quantitative estimate of drug-likeness (QED) is 0.762. The lowest BCUT2D eigenvalue weighted by atomic mass is 10.2. The Balaban J connectivity index is 1.96. The number of nitrogens with two attached hydrogens (primary N) is 1. The summed E-state index contributed by atoms with van der Waals surface area (Å²) in [6.07, 6.45) is 2.21. The van der Waals surface area contributed by atoms with E-state index in [4.69, 9.17) is 10.5 Å². The van der Waals surface area contributed by atoms with E-state index in [0.29, 0.717) is 13.1 Å². The lowest BCUT2D eigenvalue weighted by molar-refractivity contribution is 0.0303. The fourth-order valence-corrected chi connectivity index (χ4v) is 2.67. The Morgan fingerprint density at radius 3 is 2.47 bits per heavy atom. The van der Waals surface area contributed by atoms with Gasteiger partial charge in [0.2, 0.25) is 0 Å². The van der Waals surface area contributed by atoms with Crippen molar-refractivity contribution in [3.63, 3.8) is 0 Å². The van der Waals surface area contributed by atoms with Gasteiger partial charge in [-0.15, -0.1) is 0 Å².